The summed E-state index contributed by atoms with van der Waals surface area (Å²) in [6, 6.07) is 14.0. The Morgan fingerprint density at radius 3 is 2.50 bits per heavy atom. The van der Waals surface area contributed by atoms with Gasteiger partial charge in [-0.25, -0.2) is 14.2 Å². The highest BCUT2D eigenvalue weighted by molar-refractivity contribution is 7.13. The van der Waals surface area contributed by atoms with Crippen LogP contribution in [0.15, 0.2) is 53.9 Å². The summed E-state index contributed by atoms with van der Waals surface area (Å²) >= 11 is 1.22. The van der Waals surface area contributed by atoms with Crippen LogP contribution in [0.1, 0.15) is 23.0 Å². The van der Waals surface area contributed by atoms with Crippen molar-refractivity contribution in [2.45, 2.75) is 13.0 Å². The third-order valence-electron chi connectivity index (χ3n) is 3.74. The van der Waals surface area contributed by atoms with E-state index < -0.39 is 18.0 Å². The predicted octanol–water partition coefficient (Wildman–Crippen LogP) is 4.00. The molecule has 0 aliphatic rings. The average molecular weight is 395 g/mol. The quantitative estimate of drug-likeness (QED) is 0.659. The Balaban J connectivity index is 1.61. The van der Waals surface area contributed by atoms with Gasteiger partial charge in [0, 0.05) is 16.6 Å². The monoisotopic (exact) mass is 395 g/mol. The van der Waals surface area contributed by atoms with Gasteiger partial charge in [-0.15, -0.1) is 11.3 Å². The van der Waals surface area contributed by atoms with E-state index in [4.69, 9.17) is 10.00 Å². The number of hydrogen-bond donors (Lipinski definition) is 1. The summed E-state index contributed by atoms with van der Waals surface area (Å²) < 4.78 is 18.2. The van der Waals surface area contributed by atoms with Gasteiger partial charge in [-0.2, -0.15) is 5.26 Å². The molecule has 0 fully saturated rings. The Kier molecular flexibility index (Phi) is 5.77. The maximum Gasteiger partial charge on any atom is 0.358 e. The third-order valence-corrected chi connectivity index (χ3v) is 4.63. The summed E-state index contributed by atoms with van der Waals surface area (Å²) in [5, 5.41) is 13.4. The van der Waals surface area contributed by atoms with Crippen molar-refractivity contribution in [1.29, 1.82) is 5.26 Å². The van der Waals surface area contributed by atoms with Gasteiger partial charge in [-0.05, 0) is 55.5 Å². The number of aromatic nitrogens is 1. The normalized spacial score (nSPS) is 11.3. The molecule has 1 amide bonds. The van der Waals surface area contributed by atoms with Gasteiger partial charge in [0.25, 0.3) is 5.91 Å². The number of carbonyl (C=O) groups is 2. The van der Waals surface area contributed by atoms with Gasteiger partial charge >= 0.3 is 5.97 Å². The van der Waals surface area contributed by atoms with Gasteiger partial charge < -0.3 is 10.1 Å². The number of ether oxygens (including phenoxy) is 1. The number of benzene rings is 2. The number of nitriles is 1. The summed E-state index contributed by atoms with van der Waals surface area (Å²) in [4.78, 5) is 28.6. The SMILES string of the molecule is C[C@H](OC(=O)c1csc(-c2ccc(F)cc2)n1)C(=O)Nc1ccc(C#N)cc1. The number of rotatable bonds is 5. The molecule has 0 aliphatic carbocycles. The molecule has 0 spiro atoms. The lowest BCUT2D eigenvalue weighted by Crippen LogP contribution is -2.30. The van der Waals surface area contributed by atoms with Crippen molar-refractivity contribution < 1.29 is 18.7 Å². The van der Waals surface area contributed by atoms with Crippen molar-refractivity contribution >= 4 is 28.9 Å². The number of nitrogens with one attached hydrogen (secondary N) is 1. The molecular weight excluding hydrogens is 381 g/mol. The van der Waals surface area contributed by atoms with Crippen molar-refractivity contribution in [3.8, 4) is 16.6 Å². The third kappa shape index (κ3) is 4.58. The topological polar surface area (TPSA) is 92.1 Å². The van der Waals surface area contributed by atoms with Crippen molar-refractivity contribution in [1.82, 2.24) is 4.98 Å². The number of halogens is 1. The number of hydrogen-bond acceptors (Lipinski definition) is 6. The molecule has 0 bridgehead atoms. The van der Waals surface area contributed by atoms with Crippen LogP contribution in [0.3, 0.4) is 0 Å². The van der Waals surface area contributed by atoms with Gasteiger partial charge in [0.15, 0.2) is 11.8 Å². The van der Waals surface area contributed by atoms with Crippen LogP contribution in [-0.4, -0.2) is 23.0 Å². The maximum atomic E-state index is 13.0. The molecule has 2 aromatic carbocycles. The van der Waals surface area contributed by atoms with E-state index in [1.165, 1.54) is 35.8 Å². The average Bonchev–Trinajstić information content (AvgIpc) is 3.19. The second-order valence-corrected chi connectivity index (χ2v) is 6.63. The van der Waals surface area contributed by atoms with Gasteiger partial charge in [0.05, 0.1) is 11.6 Å². The Morgan fingerprint density at radius 1 is 1.18 bits per heavy atom. The Morgan fingerprint density at radius 2 is 1.86 bits per heavy atom. The lowest BCUT2D eigenvalue weighted by atomic mass is 10.2. The molecule has 1 atom stereocenters. The minimum Gasteiger partial charge on any atom is -0.448 e. The zero-order valence-corrected chi connectivity index (χ0v) is 15.5. The Bertz CT molecular complexity index is 1040. The largest absolute Gasteiger partial charge is 0.448 e. The summed E-state index contributed by atoms with van der Waals surface area (Å²) in [6.45, 7) is 1.45. The summed E-state index contributed by atoms with van der Waals surface area (Å²) in [6.07, 6.45) is -1.04. The summed E-state index contributed by atoms with van der Waals surface area (Å²) in [5.74, 6) is -1.60. The van der Waals surface area contributed by atoms with Gasteiger partial charge in [0.2, 0.25) is 0 Å². The van der Waals surface area contributed by atoms with Crippen LogP contribution in [-0.2, 0) is 9.53 Å². The first-order valence-corrected chi connectivity index (χ1v) is 9.07. The van der Waals surface area contributed by atoms with Crippen LogP contribution in [0, 0.1) is 17.1 Å². The van der Waals surface area contributed by atoms with Gasteiger partial charge in [0.1, 0.15) is 10.8 Å². The molecule has 0 unspecified atom stereocenters. The molecule has 0 radical (unpaired) electrons. The highest BCUT2D eigenvalue weighted by atomic mass is 32.1. The van der Waals surface area contributed by atoms with Crippen LogP contribution < -0.4 is 5.32 Å². The Hall–Kier alpha value is -3.57. The number of thiazole rings is 1. The summed E-state index contributed by atoms with van der Waals surface area (Å²) in [7, 11) is 0. The van der Waals surface area contributed by atoms with E-state index in [2.05, 4.69) is 10.3 Å². The predicted molar refractivity (Wildman–Crippen MR) is 102 cm³/mol. The molecule has 3 aromatic rings. The fourth-order valence-corrected chi connectivity index (χ4v) is 3.03. The highest BCUT2D eigenvalue weighted by Crippen LogP contribution is 2.24. The molecular formula is C20H14FN3O3S. The first-order valence-electron chi connectivity index (χ1n) is 8.20. The van der Waals surface area contributed by atoms with Crippen molar-refractivity contribution in [2.24, 2.45) is 0 Å². The van der Waals surface area contributed by atoms with Crippen molar-refractivity contribution in [2.75, 3.05) is 5.32 Å². The number of esters is 1. The van der Waals surface area contributed by atoms with E-state index in [1.54, 1.807) is 36.4 Å². The van der Waals surface area contributed by atoms with E-state index in [0.29, 0.717) is 21.8 Å². The van der Waals surface area contributed by atoms with E-state index in [-0.39, 0.29) is 11.5 Å². The second-order valence-electron chi connectivity index (χ2n) is 5.77. The molecule has 140 valence electrons. The smallest absolute Gasteiger partial charge is 0.358 e. The Labute approximate surface area is 164 Å². The lowest BCUT2D eigenvalue weighted by Gasteiger charge is -2.12. The van der Waals surface area contributed by atoms with Crippen LogP contribution >= 0.6 is 11.3 Å². The van der Waals surface area contributed by atoms with Crippen LogP contribution in [0.2, 0.25) is 0 Å². The van der Waals surface area contributed by atoms with Gasteiger partial charge in [-0.1, -0.05) is 0 Å². The molecule has 1 heterocycles. The van der Waals surface area contributed by atoms with Crippen molar-refractivity contribution in [3.63, 3.8) is 0 Å². The minimum atomic E-state index is -1.04. The van der Waals surface area contributed by atoms with Crippen LogP contribution in [0.25, 0.3) is 10.6 Å². The first-order chi connectivity index (χ1) is 13.5. The van der Waals surface area contributed by atoms with Crippen molar-refractivity contribution in [3.05, 3.63) is 71.0 Å². The molecule has 28 heavy (non-hydrogen) atoms. The molecule has 8 heteroatoms. The molecule has 0 saturated carbocycles. The van der Waals surface area contributed by atoms with E-state index in [1.807, 2.05) is 6.07 Å². The lowest BCUT2D eigenvalue weighted by molar-refractivity contribution is -0.123. The van der Waals surface area contributed by atoms with E-state index >= 15 is 0 Å². The summed E-state index contributed by atoms with van der Waals surface area (Å²) in [5.41, 5.74) is 1.71. The number of carbonyl (C=O) groups excluding carboxylic acids is 2. The van der Waals surface area contributed by atoms with E-state index in [9.17, 15) is 14.0 Å². The number of amides is 1. The molecule has 0 aliphatic heterocycles. The van der Waals surface area contributed by atoms with Crippen LogP contribution in [0.4, 0.5) is 10.1 Å². The standard InChI is InChI=1S/C20H14FN3O3S/c1-12(18(25)23-16-8-2-13(10-22)3-9-16)27-20(26)17-11-28-19(24-17)14-4-6-15(21)7-5-14/h2-9,11-12H,1H3,(H,23,25)/t12-/m0/s1. The first kappa shape index (κ1) is 19.2. The fourth-order valence-electron chi connectivity index (χ4n) is 2.24. The zero-order chi connectivity index (χ0) is 20.1. The minimum absolute atomic E-state index is 0.0716. The highest BCUT2D eigenvalue weighted by Gasteiger charge is 2.21. The molecule has 3 rings (SSSR count). The van der Waals surface area contributed by atoms with Crippen LogP contribution in [0.5, 0.6) is 0 Å². The second kappa shape index (κ2) is 8.41. The molecule has 1 aromatic heterocycles. The molecule has 6 nitrogen and oxygen atoms in total. The number of nitrogens with zero attached hydrogens (tertiary/aromatic N) is 2. The van der Waals surface area contributed by atoms with Gasteiger partial charge in [-0.3, -0.25) is 4.79 Å². The number of anilines is 1. The fraction of sp³-hybridized carbons (Fsp3) is 0.100. The zero-order valence-electron chi connectivity index (χ0n) is 14.7. The molecule has 0 saturated heterocycles. The maximum absolute atomic E-state index is 13.0. The molecule has 1 N–H and O–H groups in total. The van der Waals surface area contributed by atoms with E-state index in [0.717, 1.165) is 0 Å².